The van der Waals surface area contributed by atoms with Crippen LogP contribution >= 0.6 is 23.4 Å². The van der Waals surface area contributed by atoms with Gasteiger partial charge in [0.15, 0.2) is 0 Å². The van der Waals surface area contributed by atoms with Gasteiger partial charge >= 0.3 is 0 Å². The molecular weight excluding hydrogens is 302 g/mol. The number of thioether (sulfide) groups is 1. The van der Waals surface area contributed by atoms with E-state index in [1.807, 2.05) is 11.6 Å². The minimum Gasteiger partial charge on any atom is -0.322 e. The molecule has 2 aromatic heterocycles. The Morgan fingerprint density at radius 1 is 1.24 bits per heavy atom. The first-order valence-electron chi connectivity index (χ1n) is 6.72. The monoisotopic (exact) mass is 317 g/mol. The molecule has 0 radical (unpaired) electrons. The van der Waals surface area contributed by atoms with Crippen LogP contribution < -0.4 is 0 Å². The van der Waals surface area contributed by atoms with Crippen LogP contribution in [0.1, 0.15) is 17.0 Å². The van der Waals surface area contributed by atoms with E-state index in [0.29, 0.717) is 5.15 Å². The fraction of sp³-hybridized carbons (Fsp3) is 0.250. The van der Waals surface area contributed by atoms with Gasteiger partial charge < -0.3 is 4.57 Å². The van der Waals surface area contributed by atoms with E-state index in [0.717, 1.165) is 22.1 Å². The van der Waals surface area contributed by atoms with E-state index in [2.05, 4.69) is 43.1 Å². The molecule has 3 rings (SSSR count). The SMILES string of the molecule is Cc1cc(SCc2ncc(Cl)n2C)nc2c(C)cccc12. The van der Waals surface area contributed by atoms with E-state index in [1.165, 1.54) is 16.5 Å². The quantitative estimate of drug-likeness (QED) is 0.665. The predicted octanol–water partition coefficient (Wildman–Crippen LogP) is 4.53. The third-order valence-corrected chi connectivity index (χ3v) is 4.86. The van der Waals surface area contributed by atoms with Crippen molar-refractivity contribution in [3.05, 3.63) is 52.6 Å². The Hall–Kier alpha value is -1.52. The van der Waals surface area contributed by atoms with E-state index < -0.39 is 0 Å². The molecule has 0 fully saturated rings. The molecule has 0 atom stereocenters. The molecule has 3 aromatic rings. The van der Waals surface area contributed by atoms with Gasteiger partial charge in [-0.3, -0.25) is 0 Å². The van der Waals surface area contributed by atoms with E-state index in [-0.39, 0.29) is 0 Å². The van der Waals surface area contributed by atoms with Crippen molar-refractivity contribution in [1.29, 1.82) is 0 Å². The summed E-state index contributed by atoms with van der Waals surface area (Å²) < 4.78 is 1.90. The van der Waals surface area contributed by atoms with Crippen LogP contribution in [0.15, 0.2) is 35.5 Å². The number of hydrogen-bond donors (Lipinski definition) is 0. The van der Waals surface area contributed by atoms with Gasteiger partial charge in [0.2, 0.25) is 0 Å². The van der Waals surface area contributed by atoms with Gasteiger partial charge in [0, 0.05) is 12.4 Å². The molecule has 0 spiro atoms. The third kappa shape index (κ3) is 2.78. The number of fused-ring (bicyclic) bond motifs is 1. The lowest BCUT2D eigenvalue weighted by Gasteiger charge is -2.08. The molecule has 0 aliphatic rings. The smallest absolute Gasteiger partial charge is 0.128 e. The molecule has 21 heavy (non-hydrogen) atoms. The summed E-state index contributed by atoms with van der Waals surface area (Å²) in [5, 5.41) is 2.90. The Balaban J connectivity index is 1.91. The lowest BCUT2D eigenvalue weighted by Crippen LogP contribution is -1.96. The zero-order valence-corrected chi connectivity index (χ0v) is 13.8. The first-order valence-corrected chi connectivity index (χ1v) is 8.08. The van der Waals surface area contributed by atoms with Crippen LogP contribution in [0.3, 0.4) is 0 Å². The van der Waals surface area contributed by atoms with Crippen LogP contribution in [0, 0.1) is 13.8 Å². The highest BCUT2D eigenvalue weighted by Gasteiger charge is 2.08. The number of rotatable bonds is 3. The summed E-state index contributed by atoms with van der Waals surface area (Å²) in [5.41, 5.74) is 3.54. The minimum absolute atomic E-state index is 0.657. The first-order chi connectivity index (χ1) is 10.1. The predicted molar refractivity (Wildman–Crippen MR) is 89.0 cm³/mol. The maximum Gasteiger partial charge on any atom is 0.128 e. The highest BCUT2D eigenvalue weighted by molar-refractivity contribution is 7.98. The summed E-state index contributed by atoms with van der Waals surface area (Å²) in [6.07, 6.45) is 1.68. The number of hydrogen-bond acceptors (Lipinski definition) is 3. The first kappa shape index (κ1) is 14.4. The van der Waals surface area contributed by atoms with Gasteiger partial charge in [-0.1, -0.05) is 41.6 Å². The topological polar surface area (TPSA) is 30.7 Å². The third-order valence-electron chi connectivity index (χ3n) is 3.60. The maximum absolute atomic E-state index is 6.01. The number of benzene rings is 1. The molecule has 2 heterocycles. The molecule has 0 N–H and O–H groups in total. The van der Waals surface area contributed by atoms with Crippen molar-refractivity contribution in [2.75, 3.05) is 0 Å². The van der Waals surface area contributed by atoms with Crippen molar-refractivity contribution in [3.8, 4) is 0 Å². The van der Waals surface area contributed by atoms with Crippen LogP contribution in [0.2, 0.25) is 5.15 Å². The van der Waals surface area contributed by atoms with Gasteiger partial charge in [-0.15, -0.1) is 0 Å². The van der Waals surface area contributed by atoms with Gasteiger partial charge in [-0.2, -0.15) is 0 Å². The summed E-state index contributed by atoms with van der Waals surface area (Å²) in [6, 6.07) is 8.44. The van der Waals surface area contributed by atoms with Crippen molar-refractivity contribution in [2.45, 2.75) is 24.6 Å². The second-order valence-corrected chi connectivity index (χ2v) is 6.48. The number of aryl methyl sites for hydroxylation is 2. The Kier molecular flexibility index (Phi) is 3.91. The van der Waals surface area contributed by atoms with Gasteiger partial charge in [0.1, 0.15) is 11.0 Å². The summed E-state index contributed by atoms with van der Waals surface area (Å²) >= 11 is 7.70. The van der Waals surface area contributed by atoms with Crippen LogP contribution in [0.4, 0.5) is 0 Å². The summed E-state index contributed by atoms with van der Waals surface area (Å²) in [6.45, 7) is 4.23. The Labute approximate surface area is 133 Å². The molecule has 0 aliphatic heterocycles. The van der Waals surface area contributed by atoms with Gasteiger partial charge in [-0.05, 0) is 31.0 Å². The van der Waals surface area contributed by atoms with Crippen LogP contribution in [-0.2, 0) is 12.8 Å². The van der Waals surface area contributed by atoms with Gasteiger partial charge in [0.25, 0.3) is 0 Å². The van der Waals surface area contributed by atoms with Crippen molar-refractivity contribution in [1.82, 2.24) is 14.5 Å². The van der Waals surface area contributed by atoms with Crippen molar-refractivity contribution in [2.24, 2.45) is 7.05 Å². The Morgan fingerprint density at radius 2 is 2.05 bits per heavy atom. The molecule has 0 amide bonds. The molecule has 0 saturated heterocycles. The summed E-state index contributed by atoms with van der Waals surface area (Å²) in [4.78, 5) is 9.10. The number of halogens is 1. The highest BCUT2D eigenvalue weighted by atomic mass is 35.5. The second-order valence-electron chi connectivity index (χ2n) is 5.09. The Bertz CT molecular complexity index is 811. The van der Waals surface area contributed by atoms with Crippen molar-refractivity contribution in [3.63, 3.8) is 0 Å². The molecule has 0 bridgehead atoms. The van der Waals surface area contributed by atoms with E-state index in [1.54, 1.807) is 18.0 Å². The molecule has 0 unspecified atom stereocenters. The fourth-order valence-corrected chi connectivity index (χ4v) is 3.41. The average molecular weight is 318 g/mol. The van der Waals surface area contributed by atoms with Crippen LogP contribution in [0.5, 0.6) is 0 Å². The van der Waals surface area contributed by atoms with E-state index in [9.17, 15) is 0 Å². The lowest BCUT2D eigenvalue weighted by molar-refractivity contribution is 0.849. The second kappa shape index (κ2) is 5.70. The van der Waals surface area contributed by atoms with Crippen molar-refractivity contribution >= 4 is 34.3 Å². The Morgan fingerprint density at radius 3 is 2.76 bits per heavy atom. The number of pyridine rings is 1. The van der Waals surface area contributed by atoms with Crippen LogP contribution in [-0.4, -0.2) is 14.5 Å². The zero-order valence-electron chi connectivity index (χ0n) is 12.2. The fourth-order valence-electron chi connectivity index (χ4n) is 2.30. The normalized spacial score (nSPS) is 11.2. The molecule has 108 valence electrons. The number of imidazole rings is 1. The lowest BCUT2D eigenvalue weighted by atomic mass is 10.1. The number of aromatic nitrogens is 3. The van der Waals surface area contributed by atoms with Crippen LogP contribution in [0.25, 0.3) is 10.9 Å². The zero-order chi connectivity index (χ0) is 15.0. The standard InChI is InChI=1S/C16H16ClN3S/c1-10-5-4-6-12-11(2)7-15(19-16(10)12)21-9-14-18-8-13(17)20(14)3/h4-8H,9H2,1-3H3. The molecule has 1 aromatic carbocycles. The molecule has 5 heteroatoms. The maximum atomic E-state index is 6.01. The largest absolute Gasteiger partial charge is 0.322 e. The minimum atomic E-state index is 0.657. The van der Waals surface area contributed by atoms with Gasteiger partial charge in [0.05, 0.1) is 22.5 Å². The molecule has 0 aliphatic carbocycles. The number of para-hydroxylation sites is 1. The van der Waals surface area contributed by atoms with Crippen molar-refractivity contribution < 1.29 is 0 Å². The van der Waals surface area contributed by atoms with E-state index in [4.69, 9.17) is 16.6 Å². The molecule has 0 saturated carbocycles. The van der Waals surface area contributed by atoms with E-state index >= 15 is 0 Å². The summed E-state index contributed by atoms with van der Waals surface area (Å²) in [7, 11) is 1.93. The number of nitrogens with zero attached hydrogens (tertiary/aromatic N) is 3. The molecular formula is C16H16ClN3S. The van der Waals surface area contributed by atoms with Gasteiger partial charge in [-0.25, -0.2) is 9.97 Å². The highest BCUT2D eigenvalue weighted by Crippen LogP contribution is 2.27. The summed E-state index contributed by atoms with van der Waals surface area (Å²) in [5.74, 6) is 1.71. The average Bonchev–Trinajstić information content (AvgIpc) is 2.78. The molecule has 3 nitrogen and oxygen atoms in total.